The van der Waals surface area contributed by atoms with Crippen LogP contribution in [0, 0.1) is 0 Å². The molecule has 1 aliphatic carbocycles. The molecule has 0 bridgehead atoms. The maximum atomic E-state index is 13.7. The van der Waals surface area contributed by atoms with Crippen molar-refractivity contribution in [2.75, 3.05) is 19.6 Å². The monoisotopic (exact) mass is 479 g/mol. The molecule has 0 saturated carbocycles. The Morgan fingerprint density at radius 3 is 2.56 bits per heavy atom. The Labute approximate surface area is 197 Å². The first-order valence-electron chi connectivity index (χ1n) is 10.3. The number of ketones is 1. The number of methoxy groups -OCH3 is 2. The van der Waals surface area contributed by atoms with Crippen molar-refractivity contribution in [2.45, 2.75) is 12.8 Å². The topological polar surface area (TPSA) is 113 Å². The Balaban J connectivity index is 1.69. The van der Waals surface area contributed by atoms with Crippen LogP contribution in [-0.2, 0) is 11.2 Å². The van der Waals surface area contributed by atoms with Crippen LogP contribution >= 0.6 is 11.6 Å². The first kappa shape index (κ1) is 21.7. The van der Waals surface area contributed by atoms with E-state index >= 15 is 0 Å². The second kappa shape index (κ2) is 8.35. The van der Waals surface area contributed by atoms with Gasteiger partial charge in [-0.3, -0.25) is 19.8 Å². The molecular weight excluding hydrogens is 462 g/mol. The third-order valence-corrected chi connectivity index (χ3v) is 5.89. The molecule has 34 heavy (non-hydrogen) atoms. The van der Waals surface area contributed by atoms with Crippen LogP contribution < -0.4 is 20.5 Å². The minimum atomic E-state index is -0.551. The van der Waals surface area contributed by atoms with Crippen molar-refractivity contribution in [3.8, 4) is 22.8 Å². The van der Waals surface area contributed by atoms with Crippen LogP contribution in [0.15, 0.2) is 51.8 Å². The lowest BCUT2D eigenvalue weighted by atomic mass is 10.0. The van der Waals surface area contributed by atoms with Gasteiger partial charge in [-0.05, 0) is 12.1 Å². The fourth-order valence-electron chi connectivity index (χ4n) is 4.24. The highest BCUT2D eigenvalue weighted by Gasteiger charge is 2.34. The largest absolute Gasteiger partial charge is 0.493 e. The van der Waals surface area contributed by atoms with Crippen molar-refractivity contribution in [1.82, 2.24) is 9.83 Å². The third-order valence-electron chi connectivity index (χ3n) is 5.71. The molecule has 2 heterocycles. The Kier molecular flexibility index (Phi) is 5.33. The molecule has 0 radical (unpaired) electrons. The van der Waals surface area contributed by atoms with Gasteiger partial charge in [-0.2, -0.15) is 0 Å². The molecule has 172 valence electrons. The fourth-order valence-corrected chi connectivity index (χ4v) is 4.39. The lowest BCUT2D eigenvalue weighted by Crippen LogP contribution is -2.35. The molecule has 5 rings (SSSR count). The summed E-state index contributed by atoms with van der Waals surface area (Å²) in [7, 11) is 2.86. The Morgan fingerprint density at radius 2 is 1.88 bits per heavy atom. The van der Waals surface area contributed by atoms with Gasteiger partial charge in [0.05, 0.1) is 30.9 Å². The number of ether oxygens (including phenoxy) is 2. The Morgan fingerprint density at radius 1 is 1.12 bits per heavy atom. The van der Waals surface area contributed by atoms with E-state index in [1.54, 1.807) is 36.4 Å². The van der Waals surface area contributed by atoms with E-state index in [0.29, 0.717) is 39.3 Å². The first-order valence-corrected chi connectivity index (χ1v) is 10.7. The molecule has 2 aromatic carbocycles. The van der Waals surface area contributed by atoms with Gasteiger partial charge < -0.3 is 14.0 Å². The number of rotatable bonds is 6. The van der Waals surface area contributed by atoms with Gasteiger partial charge in [-0.1, -0.05) is 41.0 Å². The molecule has 0 saturated heterocycles. The fraction of sp³-hybridized carbons (Fsp3) is 0.167. The lowest BCUT2D eigenvalue weighted by molar-refractivity contribution is -0.117. The maximum absolute atomic E-state index is 13.7. The molecule has 1 amide bonds. The van der Waals surface area contributed by atoms with Gasteiger partial charge >= 0.3 is 0 Å². The van der Waals surface area contributed by atoms with Crippen LogP contribution in [0.2, 0.25) is 5.15 Å². The zero-order valence-corrected chi connectivity index (χ0v) is 18.9. The van der Waals surface area contributed by atoms with Crippen LogP contribution in [-0.4, -0.2) is 35.7 Å². The quantitative estimate of drug-likeness (QED) is 0.396. The number of pyridine rings is 1. The van der Waals surface area contributed by atoms with E-state index < -0.39 is 11.5 Å². The van der Waals surface area contributed by atoms with Gasteiger partial charge in [0.2, 0.25) is 5.91 Å². The summed E-state index contributed by atoms with van der Waals surface area (Å²) in [5.41, 5.74) is 3.72. The number of benzene rings is 2. The van der Waals surface area contributed by atoms with Gasteiger partial charge in [-0.25, -0.2) is 4.68 Å². The van der Waals surface area contributed by atoms with E-state index in [-0.39, 0.29) is 34.9 Å². The molecule has 1 N–H and O–H groups in total. The molecule has 0 spiro atoms. The number of carbonyl (C=O) groups excluding carboxylic acids is 2. The van der Waals surface area contributed by atoms with Gasteiger partial charge in [0.1, 0.15) is 5.76 Å². The predicted octanol–water partition coefficient (Wildman–Crippen LogP) is 3.57. The highest BCUT2D eigenvalue weighted by atomic mass is 35.5. The number of hydrogen-bond acceptors (Lipinski definition) is 7. The number of hydrogen-bond donors (Lipinski definition) is 1. The van der Waals surface area contributed by atoms with Crippen LogP contribution in [0.25, 0.3) is 22.0 Å². The maximum Gasteiger partial charge on any atom is 0.281 e. The van der Waals surface area contributed by atoms with Crippen molar-refractivity contribution in [3.63, 3.8) is 0 Å². The average molecular weight is 480 g/mol. The molecule has 0 fully saturated rings. The van der Waals surface area contributed by atoms with Gasteiger partial charge in [0.25, 0.3) is 5.56 Å². The van der Waals surface area contributed by atoms with Crippen molar-refractivity contribution < 1.29 is 23.6 Å². The van der Waals surface area contributed by atoms with Crippen molar-refractivity contribution in [2.24, 2.45) is 0 Å². The molecule has 0 unspecified atom stereocenters. The standard InChI is InChI=1S/C24H18ClN3O6/c1-32-16-9-8-15-19-21(13-5-3-4-6-14(13)22(19)30)28(24(31)20(15)23(16)33-2)26-18(29)10-7-12-11-17(25)27-34-12/h3-6,8-9,11H,7,10H2,1-2H3,(H,26,29). The third kappa shape index (κ3) is 3.32. The predicted molar refractivity (Wildman–Crippen MR) is 124 cm³/mol. The number of fused-ring (bicyclic) bond motifs is 5. The highest BCUT2D eigenvalue weighted by Crippen LogP contribution is 2.42. The number of carbonyl (C=O) groups is 2. The number of aryl methyl sites for hydroxylation is 1. The van der Waals surface area contributed by atoms with E-state index in [2.05, 4.69) is 10.6 Å². The van der Waals surface area contributed by atoms with E-state index in [4.69, 9.17) is 25.6 Å². The molecule has 1 aliphatic rings. The summed E-state index contributed by atoms with van der Waals surface area (Å²) < 4.78 is 17.0. The van der Waals surface area contributed by atoms with E-state index in [0.717, 1.165) is 4.68 Å². The zero-order chi connectivity index (χ0) is 24.0. The minimum absolute atomic E-state index is 0.00435. The summed E-state index contributed by atoms with van der Waals surface area (Å²) in [5, 5.41) is 4.32. The highest BCUT2D eigenvalue weighted by molar-refractivity contribution is 6.29. The van der Waals surface area contributed by atoms with Crippen molar-refractivity contribution in [1.29, 1.82) is 0 Å². The van der Waals surface area contributed by atoms with Crippen LogP contribution in [0.5, 0.6) is 11.5 Å². The Bertz CT molecular complexity index is 1540. The molecule has 4 aromatic rings. The molecule has 10 heteroatoms. The van der Waals surface area contributed by atoms with Crippen LogP contribution in [0.4, 0.5) is 0 Å². The normalized spacial score (nSPS) is 11.9. The van der Waals surface area contributed by atoms with Crippen LogP contribution in [0.1, 0.15) is 28.1 Å². The van der Waals surface area contributed by atoms with Crippen molar-refractivity contribution >= 4 is 34.1 Å². The molecule has 9 nitrogen and oxygen atoms in total. The number of amides is 1. The smallest absolute Gasteiger partial charge is 0.281 e. The number of nitrogens with one attached hydrogen (secondary N) is 1. The van der Waals surface area contributed by atoms with E-state index in [9.17, 15) is 14.4 Å². The van der Waals surface area contributed by atoms with Crippen LogP contribution in [0.3, 0.4) is 0 Å². The molecule has 0 aliphatic heterocycles. The van der Waals surface area contributed by atoms with E-state index in [1.165, 1.54) is 20.3 Å². The summed E-state index contributed by atoms with van der Waals surface area (Å²) in [6.07, 6.45) is 0.221. The second-order valence-corrected chi connectivity index (χ2v) is 8.00. The van der Waals surface area contributed by atoms with Crippen molar-refractivity contribution in [3.05, 3.63) is 74.9 Å². The summed E-state index contributed by atoms with van der Waals surface area (Å²) in [4.78, 5) is 40.0. The first-order chi connectivity index (χ1) is 16.4. The molecule has 0 atom stereocenters. The summed E-state index contributed by atoms with van der Waals surface area (Å²) >= 11 is 5.76. The Hall–Kier alpha value is -4.11. The summed E-state index contributed by atoms with van der Waals surface area (Å²) in [6, 6.07) is 11.8. The summed E-state index contributed by atoms with van der Waals surface area (Å²) in [5.74, 6) is 0.228. The summed E-state index contributed by atoms with van der Waals surface area (Å²) in [6.45, 7) is 0. The van der Waals surface area contributed by atoms with E-state index in [1.807, 2.05) is 0 Å². The van der Waals surface area contributed by atoms with Gasteiger partial charge in [-0.15, -0.1) is 0 Å². The zero-order valence-electron chi connectivity index (χ0n) is 18.2. The molecular formula is C24H18ClN3O6. The number of nitrogens with zero attached hydrogens (tertiary/aromatic N) is 2. The van der Waals surface area contributed by atoms with Gasteiger partial charge in [0, 0.05) is 35.4 Å². The molecule has 2 aromatic heterocycles. The lowest BCUT2D eigenvalue weighted by Gasteiger charge is -2.18. The minimum Gasteiger partial charge on any atom is -0.493 e. The van der Waals surface area contributed by atoms with Gasteiger partial charge in [0.15, 0.2) is 22.4 Å². The number of aromatic nitrogens is 2. The second-order valence-electron chi connectivity index (χ2n) is 7.61. The SMILES string of the molecule is COc1ccc2c3c(n(NC(=O)CCc4cc(Cl)no4)c(=O)c2c1OC)-c1ccccc1C3=O. The average Bonchev–Trinajstić information content (AvgIpc) is 3.40. The number of halogens is 1.